The normalized spacial score (nSPS) is 22.9. The SMILES string of the molecule is CCCOC1CCCN(CCCCC(C)(NC)C(=O)O)C1. The summed E-state index contributed by atoms with van der Waals surface area (Å²) in [7, 11) is 1.72. The highest BCUT2D eigenvalue weighted by atomic mass is 16.5. The number of hydrogen-bond donors (Lipinski definition) is 2. The van der Waals surface area contributed by atoms with E-state index < -0.39 is 11.5 Å². The molecule has 1 aliphatic rings. The van der Waals surface area contributed by atoms with Gasteiger partial charge >= 0.3 is 5.97 Å². The maximum Gasteiger partial charge on any atom is 0.323 e. The van der Waals surface area contributed by atoms with Crippen LogP contribution in [0, 0.1) is 0 Å². The van der Waals surface area contributed by atoms with Gasteiger partial charge in [-0.2, -0.15) is 0 Å². The molecule has 0 aromatic carbocycles. The largest absolute Gasteiger partial charge is 0.480 e. The van der Waals surface area contributed by atoms with E-state index >= 15 is 0 Å². The predicted octanol–water partition coefficient (Wildman–Crippen LogP) is 2.11. The Kier molecular flexibility index (Phi) is 8.22. The molecule has 1 heterocycles. The lowest BCUT2D eigenvalue weighted by molar-refractivity contribution is -0.144. The van der Waals surface area contributed by atoms with Gasteiger partial charge in [0, 0.05) is 13.2 Å². The van der Waals surface area contributed by atoms with Crippen LogP contribution in [0.5, 0.6) is 0 Å². The first-order valence-corrected chi connectivity index (χ1v) is 8.28. The van der Waals surface area contributed by atoms with Crippen LogP contribution >= 0.6 is 0 Å². The molecule has 5 nitrogen and oxygen atoms in total. The molecule has 0 aromatic heterocycles. The molecule has 21 heavy (non-hydrogen) atoms. The number of likely N-dealkylation sites (tertiary alicyclic amines) is 1. The quantitative estimate of drug-likeness (QED) is 0.605. The molecule has 0 aliphatic carbocycles. The highest BCUT2D eigenvalue weighted by molar-refractivity contribution is 5.78. The first-order chi connectivity index (χ1) is 10.0. The van der Waals surface area contributed by atoms with Gasteiger partial charge < -0.3 is 20.1 Å². The van der Waals surface area contributed by atoms with Gasteiger partial charge in [-0.3, -0.25) is 4.79 Å². The van der Waals surface area contributed by atoms with E-state index in [1.807, 2.05) is 0 Å². The summed E-state index contributed by atoms with van der Waals surface area (Å²) in [5, 5.41) is 12.1. The summed E-state index contributed by atoms with van der Waals surface area (Å²) in [6.45, 7) is 7.98. The lowest BCUT2D eigenvalue weighted by Gasteiger charge is -2.33. The van der Waals surface area contributed by atoms with Gasteiger partial charge in [0.05, 0.1) is 6.10 Å². The van der Waals surface area contributed by atoms with Gasteiger partial charge in [-0.1, -0.05) is 6.92 Å². The van der Waals surface area contributed by atoms with Crippen molar-refractivity contribution in [3.8, 4) is 0 Å². The van der Waals surface area contributed by atoms with Crippen molar-refractivity contribution in [1.82, 2.24) is 10.2 Å². The van der Waals surface area contributed by atoms with E-state index in [1.54, 1.807) is 14.0 Å². The number of piperidine rings is 1. The molecule has 2 unspecified atom stereocenters. The average Bonchev–Trinajstić information content (AvgIpc) is 2.49. The molecule has 0 spiro atoms. The van der Waals surface area contributed by atoms with Gasteiger partial charge in [-0.15, -0.1) is 0 Å². The van der Waals surface area contributed by atoms with Gasteiger partial charge in [0.2, 0.25) is 0 Å². The zero-order valence-electron chi connectivity index (χ0n) is 13.9. The van der Waals surface area contributed by atoms with Crippen LogP contribution in [0.25, 0.3) is 0 Å². The van der Waals surface area contributed by atoms with Gasteiger partial charge in [0.1, 0.15) is 5.54 Å². The average molecular weight is 300 g/mol. The van der Waals surface area contributed by atoms with Crippen LogP contribution in [0.4, 0.5) is 0 Å². The van der Waals surface area contributed by atoms with E-state index in [9.17, 15) is 9.90 Å². The van der Waals surface area contributed by atoms with Crippen LogP contribution in [0.1, 0.15) is 52.4 Å². The van der Waals surface area contributed by atoms with E-state index in [1.165, 1.54) is 12.8 Å². The standard InChI is InChI=1S/C16H32N2O3/c1-4-12-21-14-8-7-11-18(13-14)10-6-5-9-16(2,17-3)15(19)20/h14,17H,4-13H2,1-3H3,(H,19,20). The first kappa shape index (κ1) is 18.4. The molecule has 0 saturated carbocycles. The first-order valence-electron chi connectivity index (χ1n) is 8.28. The number of carboxylic acid groups (broad SMARTS) is 1. The van der Waals surface area contributed by atoms with Crippen molar-refractivity contribution < 1.29 is 14.6 Å². The number of hydrogen-bond acceptors (Lipinski definition) is 4. The second kappa shape index (κ2) is 9.38. The Balaban J connectivity index is 2.21. The number of aliphatic carboxylic acids is 1. The number of carbonyl (C=O) groups is 1. The lowest BCUT2D eigenvalue weighted by Crippen LogP contribution is -2.47. The molecule has 2 atom stereocenters. The minimum Gasteiger partial charge on any atom is -0.480 e. The summed E-state index contributed by atoms with van der Waals surface area (Å²) in [5.41, 5.74) is -0.797. The zero-order chi connectivity index (χ0) is 15.7. The Morgan fingerprint density at radius 1 is 1.48 bits per heavy atom. The van der Waals surface area contributed by atoms with Crippen LogP contribution in [0.3, 0.4) is 0 Å². The highest BCUT2D eigenvalue weighted by Crippen LogP contribution is 2.17. The van der Waals surface area contributed by atoms with Gasteiger partial charge in [0.15, 0.2) is 0 Å². The van der Waals surface area contributed by atoms with E-state index in [-0.39, 0.29) is 0 Å². The third-order valence-corrected chi connectivity index (χ3v) is 4.44. The van der Waals surface area contributed by atoms with Crippen molar-refractivity contribution in [3.05, 3.63) is 0 Å². The molecular formula is C16H32N2O3. The van der Waals surface area contributed by atoms with Crippen LogP contribution in [-0.4, -0.2) is 60.9 Å². The van der Waals surface area contributed by atoms with Crippen molar-refractivity contribution in [3.63, 3.8) is 0 Å². The van der Waals surface area contributed by atoms with Crippen LogP contribution < -0.4 is 5.32 Å². The van der Waals surface area contributed by atoms with Crippen molar-refractivity contribution in [2.45, 2.75) is 64.0 Å². The number of likely N-dealkylation sites (N-methyl/N-ethyl adjacent to an activating group) is 1. The summed E-state index contributed by atoms with van der Waals surface area (Å²) in [4.78, 5) is 13.7. The van der Waals surface area contributed by atoms with Crippen molar-refractivity contribution >= 4 is 5.97 Å². The molecule has 1 saturated heterocycles. The summed E-state index contributed by atoms with van der Waals surface area (Å²) in [6.07, 6.45) is 6.49. The maximum absolute atomic E-state index is 11.2. The molecule has 124 valence electrons. The molecule has 0 aromatic rings. The number of nitrogens with one attached hydrogen (secondary N) is 1. The fraction of sp³-hybridized carbons (Fsp3) is 0.938. The molecule has 1 rings (SSSR count). The Bertz CT molecular complexity index is 312. The molecular weight excluding hydrogens is 268 g/mol. The number of unbranched alkanes of at least 4 members (excludes halogenated alkanes) is 1. The van der Waals surface area contributed by atoms with Crippen molar-refractivity contribution in [1.29, 1.82) is 0 Å². The molecule has 1 fully saturated rings. The minimum atomic E-state index is -0.797. The summed E-state index contributed by atoms with van der Waals surface area (Å²) in [6, 6.07) is 0. The smallest absolute Gasteiger partial charge is 0.323 e. The summed E-state index contributed by atoms with van der Waals surface area (Å²) >= 11 is 0. The molecule has 2 N–H and O–H groups in total. The fourth-order valence-electron chi connectivity index (χ4n) is 2.79. The number of rotatable bonds is 10. The Morgan fingerprint density at radius 3 is 2.86 bits per heavy atom. The van der Waals surface area contributed by atoms with Gasteiger partial charge in [-0.25, -0.2) is 0 Å². The fourth-order valence-corrected chi connectivity index (χ4v) is 2.79. The van der Waals surface area contributed by atoms with E-state index in [0.717, 1.165) is 45.5 Å². The van der Waals surface area contributed by atoms with Crippen LogP contribution in [0.15, 0.2) is 0 Å². The number of carboxylic acids is 1. The lowest BCUT2D eigenvalue weighted by atomic mass is 9.95. The highest BCUT2D eigenvalue weighted by Gasteiger charge is 2.30. The maximum atomic E-state index is 11.2. The molecule has 5 heteroatoms. The van der Waals surface area contributed by atoms with E-state index in [4.69, 9.17) is 4.74 Å². The Labute approximate surface area is 129 Å². The number of ether oxygens (including phenoxy) is 1. The molecule has 0 radical (unpaired) electrons. The van der Waals surface area contributed by atoms with Gasteiger partial charge in [-0.05, 0) is 65.6 Å². The monoisotopic (exact) mass is 300 g/mol. The van der Waals surface area contributed by atoms with Crippen LogP contribution in [0.2, 0.25) is 0 Å². The minimum absolute atomic E-state index is 0.389. The number of nitrogens with zero attached hydrogens (tertiary/aromatic N) is 1. The molecule has 1 aliphatic heterocycles. The second-order valence-corrected chi connectivity index (χ2v) is 6.28. The van der Waals surface area contributed by atoms with E-state index in [2.05, 4.69) is 17.1 Å². The Hall–Kier alpha value is -0.650. The predicted molar refractivity (Wildman–Crippen MR) is 84.7 cm³/mol. The van der Waals surface area contributed by atoms with Crippen molar-refractivity contribution in [2.75, 3.05) is 33.3 Å². The second-order valence-electron chi connectivity index (χ2n) is 6.28. The van der Waals surface area contributed by atoms with Gasteiger partial charge in [0.25, 0.3) is 0 Å². The van der Waals surface area contributed by atoms with E-state index in [0.29, 0.717) is 12.5 Å². The summed E-state index contributed by atoms with van der Waals surface area (Å²) in [5.74, 6) is -0.768. The third kappa shape index (κ3) is 6.32. The zero-order valence-corrected chi connectivity index (χ0v) is 13.9. The molecule has 0 bridgehead atoms. The van der Waals surface area contributed by atoms with Crippen LogP contribution in [-0.2, 0) is 9.53 Å². The third-order valence-electron chi connectivity index (χ3n) is 4.44. The van der Waals surface area contributed by atoms with Crippen molar-refractivity contribution in [2.24, 2.45) is 0 Å². The topological polar surface area (TPSA) is 61.8 Å². The summed E-state index contributed by atoms with van der Waals surface area (Å²) < 4.78 is 5.84. The molecule has 0 amide bonds. The Morgan fingerprint density at radius 2 is 2.24 bits per heavy atom.